The second-order valence-corrected chi connectivity index (χ2v) is 5.20. The Morgan fingerprint density at radius 3 is 2.50 bits per heavy atom. The van der Waals surface area contributed by atoms with E-state index < -0.39 is 0 Å². The van der Waals surface area contributed by atoms with Gasteiger partial charge in [-0.1, -0.05) is 39.7 Å². The lowest BCUT2D eigenvalue weighted by atomic mass is 10.1. The summed E-state index contributed by atoms with van der Waals surface area (Å²) < 4.78 is 6.87. The fraction of sp³-hybridized carbons (Fsp3) is 0.143. The Kier molecular flexibility index (Phi) is 4.64. The summed E-state index contributed by atoms with van der Waals surface area (Å²) in [5.74, 6) is 0.786. The number of benzene rings is 2. The molecule has 0 saturated heterocycles. The highest BCUT2D eigenvalue weighted by Gasteiger charge is 2.11. The summed E-state index contributed by atoms with van der Waals surface area (Å²) in [7, 11) is 0. The van der Waals surface area contributed by atoms with Crippen LogP contribution in [0.4, 0.5) is 0 Å². The van der Waals surface area contributed by atoms with Crippen LogP contribution in [0.1, 0.15) is 11.7 Å². The molecule has 0 amide bonds. The third-order valence-electron chi connectivity index (χ3n) is 2.53. The van der Waals surface area contributed by atoms with Gasteiger partial charge in [-0.15, -0.1) is 0 Å². The summed E-state index contributed by atoms with van der Waals surface area (Å²) in [6, 6.07) is 15.2. The summed E-state index contributed by atoms with van der Waals surface area (Å²) in [5.41, 5.74) is 6.73. The topological polar surface area (TPSA) is 35.2 Å². The summed E-state index contributed by atoms with van der Waals surface area (Å²) >= 11 is 9.35. The van der Waals surface area contributed by atoms with Gasteiger partial charge in [0, 0.05) is 16.0 Å². The molecule has 0 fully saturated rings. The predicted molar refractivity (Wildman–Crippen MR) is 78.0 cm³/mol. The molecular formula is C14H13BrClNO. The van der Waals surface area contributed by atoms with Gasteiger partial charge in [0.05, 0.1) is 0 Å². The molecule has 2 N–H and O–H groups in total. The van der Waals surface area contributed by atoms with E-state index in [4.69, 9.17) is 22.1 Å². The molecule has 1 atom stereocenters. The quantitative estimate of drug-likeness (QED) is 0.914. The number of ether oxygens (including phenoxy) is 1. The summed E-state index contributed by atoms with van der Waals surface area (Å²) in [5, 5.41) is 0.686. The van der Waals surface area contributed by atoms with Crippen LogP contribution in [-0.4, -0.2) is 6.54 Å². The van der Waals surface area contributed by atoms with Crippen LogP contribution in [-0.2, 0) is 0 Å². The molecule has 2 nitrogen and oxygen atoms in total. The maximum Gasteiger partial charge on any atom is 0.136 e. The minimum Gasteiger partial charge on any atom is -0.484 e. The lowest BCUT2D eigenvalue weighted by Crippen LogP contribution is -2.18. The van der Waals surface area contributed by atoms with Crippen molar-refractivity contribution >= 4 is 27.5 Å². The first kappa shape index (κ1) is 13.4. The van der Waals surface area contributed by atoms with Crippen LogP contribution in [0.15, 0.2) is 53.0 Å². The van der Waals surface area contributed by atoms with E-state index in [0.29, 0.717) is 11.6 Å². The maximum atomic E-state index is 5.97. The first-order valence-electron chi connectivity index (χ1n) is 5.57. The molecule has 94 valence electrons. The molecular weight excluding hydrogens is 314 g/mol. The van der Waals surface area contributed by atoms with Crippen LogP contribution in [0, 0.1) is 0 Å². The molecule has 0 bridgehead atoms. The highest BCUT2D eigenvalue weighted by Crippen LogP contribution is 2.24. The normalized spacial score (nSPS) is 12.2. The third kappa shape index (κ3) is 3.48. The smallest absolute Gasteiger partial charge is 0.136 e. The van der Waals surface area contributed by atoms with E-state index in [2.05, 4.69) is 15.9 Å². The highest BCUT2D eigenvalue weighted by atomic mass is 79.9. The molecule has 2 rings (SSSR count). The van der Waals surface area contributed by atoms with Crippen LogP contribution in [0.2, 0.25) is 5.02 Å². The molecule has 0 saturated carbocycles. The average Bonchev–Trinajstić information content (AvgIpc) is 2.38. The van der Waals surface area contributed by atoms with Gasteiger partial charge in [-0.25, -0.2) is 0 Å². The Hall–Kier alpha value is -1.03. The Morgan fingerprint density at radius 2 is 1.89 bits per heavy atom. The molecule has 2 aromatic rings. The van der Waals surface area contributed by atoms with E-state index in [1.54, 1.807) is 0 Å². The van der Waals surface area contributed by atoms with E-state index in [-0.39, 0.29) is 6.10 Å². The SMILES string of the molecule is NCC(Oc1ccc(Br)cc1)c1cccc(Cl)c1. The van der Waals surface area contributed by atoms with Crippen LogP contribution in [0.5, 0.6) is 5.75 Å². The fourth-order valence-corrected chi connectivity index (χ4v) is 2.10. The van der Waals surface area contributed by atoms with Gasteiger partial charge < -0.3 is 10.5 Å². The van der Waals surface area contributed by atoms with Gasteiger partial charge in [0.2, 0.25) is 0 Å². The van der Waals surface area contributed by atoms with Gasteiger partial charge in [0.1, 0.15) is 11.9 Å². The van der Waals surface area contributed by atoms with Gasteiger partial charge in [-0.3, -0.25) is 0 Å². The van der Waals surface area contributed by atoms with E-state index in [0.717, 1.165) is 15.8 Å². The first-order valence-corrected chi connectivity index (χ1v) is 6.74. The van der Waals surface area contributed by atoms with Crippen LogP contribution in [0.25, 0.3) is 0 Å². The number of rotatable bonds is 4. The van der Waals surface area contributed by atoms with Crippen molar-refractivity contribution in [1.29, 1.82) is 0 Å². The molecule has 0 radical (unpaired) electrons. The lowest BCUT2D eigenvalue weighted by molar-refractivity contribution is 0.214. The standard InChI is InChI=1S/C14H13BrClNO/c15-11-4-6-13(7-5-11)18-14(9-17)10-2-1-3-12(16)8-10/h1-8,14H,9,17H2. The number of hydrogen-bond acceptors (Lipinski definition) is 2. The van der Waals surface area contributed by atoms with Crippen LogP contribution in [0.3, 0.4) is 0 Å². The number of halogens is 2. The summed E-state index contributed by atoms with van der Waals surface area (Å²) in [6.07, 6.45) is -0.190. The minimum atomic E-state index is -0.190. The molecule has 0 aliphatic heterocycles. The minimum absolute atomic E-state index is 0.190. The molecule has 0 aliphatic rings. The zero-order valence-electron chi connectivity index (χ0n) is 9.64. The molecule has 0 spiro atoms. The van der Waals surface area contributed by atoms with Gasteiger partial charge in [-0.2, -0.15) is 0 Å². The van der Waals surface area contributed by atoms with Crippen molar-refractivity contribution in [2.75, 3.05) is 6.54 Å². The monoisotopic (exact) mass is 325 g/mol. The van der Waals surface area contributed by atoms with Gasteiger partial charge >= 0.3 is 0 Å². The largest absolute Gasteiger partial charge is 0.484 e. The Labute approximate surface area is 120 Å². The third-order valence-corrected chi connectivity index (χ3v) is 3.29. The Balaban J connectivity index is 2.17. The molecule has 2 aromatic carbocycles. The number of hydrogen-bond donors (Lipinski definition) is 1. The predicted octanol–water partition coefficient (Wildman–Crippen LogP) is 4.18. The highest BCUT2D eigenvalue weighted by molar-refractivity contribution is 9.10. The summed E-state index contributed by atoms with van der Waals surface area (Å²) in [4.78, 5) is 0. The molecule has 4 heteroatoms. The van der Waals surface area contributed by atoms with E-state index in [1.165, 1.54) is 0 Å². The zero-order valence-corrected chi connectivity index (χ0v) is 12.0. The van der Waals surface area contributed by atoms with E-state index in [9.17, 15) is 0 Å². The van der Waals surface area contributed by atoms with Crippen molar-refractivity contribution in [1.82, 2.24) is 0 Å². The van der Waals surface area contributed by atoms with Gasteiger partial charge in [-0.05, 0) is 42.0 Å². The molecule has 0 aromatic heterocycles. The zero-order chi connectivity index (χ0) is 13.0. The lowest BCUT2D eigenvalue weighted by Gasteiger charge is -2.18. The second-order valence-electron chi connectivity index (χ2n) is 3.85. The van der Waals surface area contributed by atoms with E-state index >= 15 is 0 Å². The molecule has 0 aliphatic carbocycles. The maximum absolute atomic E-state index is 5.97. The van der Waals surface area contributed by atoms with Crippen molar-refractivity contribution in [2.45, 2.75) is 6.10 Å². The van der Waals surface area contributed by atoms with Crippen LogP contribution >= 0.6 is 27.5 Å². The number of nitrogens with two attached hydrogens (primary N) is 1. The fourth-order valence-electron chi connectivity index (χ4n) is 1.64. The summed E-state index contributed by atoms with van der Waals surface area (Å²) in [6.45, 7) is 0.399. The van der Waals surface area contributed by atoms with Gasteiger partial charge in [0.15, 0.2) is 0 Å². The van der Waals surface area contributed by atoms with Crippen LogP contribution < -0.4 is 10.5 Å². The molecule has 18 heavy (non-hydrogen) atoms. The van der Waals surface area contributed by atoms with Crippen molar-refractivity contribution in [3.63, 3.8) is 0 Å². The molecule has 0 heterocycles. The van der Waals surface area contributed by atoms with Crippen molar-refractivity contribution in [2.24, 2.45) is 5.73 Å². The molecule has 1 unspecified atom stereocenters. The van der Waals surface area contributed by atoms with Crippen molar-refractivity contribution in [3.05, 3.63) is 63.6 Å². The average molecular weight is 327 g/mol. The Bertz CT molecular complexity index is 515. The Morgan fingerprint density at radius 1 is 1.17 bits per heavy atom. The van der Waals surface area contributed by atoms with Crippen molar-refractivity contribution in [3.8, 4) is 5.75 Å². The first-order chi connectivity index (χ1) is 8.69. The second kappa shape index (κ2) is 6.23. The van der Waals surface area contributed by atoms with Gasteiger partial charge in [0.25, 0.3) is 0 Å². The van der Waals surface area contributed by atoms with Crippen molar-refractivity contribution < 1.29 is 4.74 Å². The van der Waals surface area contributed by atoms with E-state index in [1.807, 2.05) is 48.5 Å².